The Hall–Kier alpha value is -1.25. The van der Waals surface area contributed by atoms with E-state index < -0.39 is 0 Å². The average molecular weight is 387 g/mol. The Balaban J connectivity index is 1.81. The molecular formula is C25H38OS. The molecule has 0 N–H and O–H groups in total. The van der Waals surface area contributed by atoms with Crippen molar-refractivity contribution in [3.8, 4) is 0 Å². The number of rotatable bonds is 16. The van der Waals surface area contributed by atoms with E-state index in [0.29, 0.717) is 0 Å². The lowest BCUT2D eigenvalue weighted by atomic mass is 10.1. The summed E-state index contributed by atoms with van der Waals surface area (Å²) in [6.07, 6.45) is 25.9. The van der Waals surface area contributed by atoms with Gasteiger partial charge in [-0.1, -0.05) is 86.8 Å². The molecule has 0 saturated heterocycles. The lowest BCUT2D eigenvalue weighted by molar-refractivity contribution is 0.354. The molecule has 0 amide bonds. The molecule has 1 aromatic rings. The van der Waals surface area contributed by atoms with Gasteiger partial charge in [0.1, 0.15) is 0 Å². The number of benzene rings is 1. The van der Waals surface area contributed by atoms with Crippen LogP contribution in [0, 0.1) is 6.92 Å². The highest BCUT2D eigenvalue weighted by molar-refractivity contribution is 7.94. The van der Waals surface area contributed by atoms with E-state index in [1.807, 2.05) is 0 Å². The standard InChI is InChI=1S/C25H38OS/c1-3-4-5-6-7-8-9-10-11-12-13-14-15-16-17-18-23-26-27-25-21-19-24(2)20-22-25/h4-5,7-8,10-11,19-22H,3,6,9,12-18,23H2,1-2H3/b5-4-,8-7-,11-10-. The van der Waals surface area contributed by atoms with Crippen LogP contribution in [0.4, 0.5) is 0 Å². The summed E-state index contributed by atoms with van der Waals surface area (Å²) in [4.78, 5) is 1.19. The van der Waals surface area contributed by atoms with Crippen LogP contribution in [0.25, 0.3) is 0 Å². The van der Waals surface area contributed by atoms with Gasteiger partial charge >= 0.3 is 0 Å². The topological polar surface area (TPSA) is 9.23 Å². The van der Waals surface area contributed by atoms with Gasteiger partial charge in [0, 0.05) is 16.9 Å². The van der Waals surface area contributed by atoms with Gasteiger partial charge in [0.15, 0.2) is 0 Å². The molecule has 0 saturated carbocycles. The van der Waals surface area contributed by atoms with Gasteiger partial charge in [-0.15, -0.1) is 0 Å². The Morgan fingerprint density at radius 2 is 1.33 bits per heavy atom. The van der Waals surface area contributed by atoms with E-state index in [0.717, 1.165) is 25.9 Å². The highest BCUT2D eigenvalue weighted by atomic mass is 32.2. The molecule has 0 aromatic heterocycles. The molecule has 0 spiro atoms. The summed E-state index contributed by atoms with van der Waals surface area (Å²) >= 11 is 1.50. The average Bonchev–Trinajstić information content (AvgIpc) is 2.68. The van der Waals surface area contributed by atoms with Crippen LogP contribution in [0.15, 0.2) is 65.6 Å². The molecular weight excluding hydrogens is 348 g/mol. The van der Waals surface area contributed by atoms with E-state index >= 15 is 0 Å². The molecule has 0 aliphatic carbocycles. The maximum Gasteiger partial charge on any atom is 0.0618 e. The van der Waals surface area contributed by atoms with Crippen molar-refractivity contribution < 1.29 is 4.18 Å². The van der Waals surface area contributed by atoms with Gasteiger partial charge in [0.05, 0.1) is 6.61 Å². The van der Waals surface area contributed by atoms with Crippen LogP contribution >= 0.6 is 12.0 Å². The Labute approximate surface area is 172 Å². The van der Waals surface area contributed by atoms with E-state index in [-0.39, 0.29) is 0 Å². The van der Waals surface area contributed by atoms with Crippen LogP contribution < -0.4 is 0 Å². The van der Waals surface area contributed by atoms with E-state index in [4.69, 9.17) is 4.18 Å². The number of aryl methyl sites for hydroxylation is 1. The number of allylic oxidation sites excluding steroid dienone is 6. The van der Waals surface area contributed by atoms with Gasteiger partial charge in [-0.2, -0.15) is 0 Å². The molecule has 1 aromatic carbocycles. The molecule has 27 heavy (non-hydrogen) atoms. The number of unbranched alkanes of at least 4 members (excludes halogenated alkanes) is 6. The minimum Gasteiger partial charge on any atom is -0.310 e. The van der Waals surface area contributed by atoms with Gasteiger partial charge < -0.3 is 4.18 Å². The normalized spacial score (nSPS) is 12.1. The van der Waals surface area contributed by atoms with Crippen LogP contribution in [0.5, 0.6) is 0 Å². The molecule has 1 rings (SSSR count). The fourth-order valence-electron chi connectivity index (χ4n) is 2.66. The fraction of sp³-hybridized carbons (Fsp3) is 0.520. The third-order valence-corrected chi connectivity index (χ3v) is 5.05. The van der Waals surface area contributed by atoms with Gasteiger partial charge in [-0.25, -0.2) is 0 Å². The molecule has 1 nitrogen and oxygen atoms in total. The fourth-order valence-corrected chi connectivity index (χ4v) is 3.24. The summed E-state index contributed by atoms with van der Waals surface area (Å²) in [7, 11) is 0. The van der Waals surface area contributed by atoms with Gasteiger partial charge in [-0.05, 0) is 57.6 Å². The Kier molecular flexibility index (Phi) is 16.0. The van der Waals surface area contributed by atoms with Crippen molar-refractivity contribution in [1.82, 2.24) is 0 Å². The first-order valence-electron chi connectivity index (χ1n) is 10.6. The Morgan fingerprint density at radius 3 is 2.04 bits per heavy atom. The zero-order valence-corrected chi connectivity index (χ0v) is 18.2. The second kappa shape index (κ2) is 18.1. The summed E-state index contributed by atoms with van der Waals surface area (Å²) in [5, 5.41) is 0. The van der Waals surface area contributed by atoms with Gasteiger partial charge in [0.25, 0.3) is 0 Å². The zero-order valence-electron chi connectivity index (χ0n) is 17.4. The van der Waals surface area contributed by atoms with Crippen molar-refractivity contribution in [3.63, 3.8) is 0 Å². The summed E-state index contributed by atoms with van der Waals surface area (Å²) in [6.45, 7) is 5.13. The third-order valence-electron chi connectivity index (χ3n) is 4.30. The van der Waals surface area contributed by atoms with Crippen LogP contribution in [-0.4, -0.2) is 6.61 Å². The molecule has 0 fully saturated rings. The molecule has 0 atom stereocenters. The maximum absolute atomic E-state index is 5.68. The second-order valence-electron chi connectivity index (χ2n) is 6.92. The van der Waals surface area contributed by atoms with Crippen molar-refractivity contribution in [2.24, 2.45) is 0 Å². The number of hydrogen-bond acceptors (Lipinski definition) is 2. The van der Waals surface area contributed by atoms with Crippen LogP contribution in [0.1, 0.15) is 76.7 Å². The summed E-state index contributed by atoms with van der Waals surface area (Å²) in [5.74, 6) is 0. The monoisotopic (exact) mass is 386 g/mol. The summed E-state index contributed by atoms with van der Waals surface area (Å²) in [6, 6.07) is 8.50. The summed E-state index contributed by atoms with van der Waals surface area (Å²) in [5.41, 5.74) is 1.29. The van der Waals surface area contributed by atoms with E-state index in [2.05, 4.69) is 74.6 Å². The number of hydrogen-bond donors (Lipinski definition) is 0. The molecule has 150 valence electrons. The first-order chi connectivity index (χ1) is 13.3. The van der Waals surface area contributed by atoms with E-state index in [1.165, 1.54) is 67.4 Å². The van der Waals surface area contributed by atoms with Crippen molar-refractivity contribution in [2.45, 2.75) is 83.0 Å². The molecule has 0 aliphatic rings. The molecule has 0 heterocycles. The Bertz CT molecular complexity index is 528. The maximum atomic E-state index is 5.68. The molecule has 0 aliphatic heterocycles. The largest absolute Gasteiger partial charge is 0.310 e. The SMILES string of the molecule is CC/C=C\C/C=C\C/C=C\CCCCCCCCOSc1ccc(C)cc1. The molecule has 0 radical (unpaired) electrons. The van der Waals surface area contributed by atoms with Gasteiger partial charge in [0.2, 0.25) is 0 Å². The van der Waals surface area contributed by atoms with Crippen molar-refractivity contribution in [1.29, 1.82) is 0 Å². The second-order valence-corrected chi connectivity index (χ2v) is 7.80. The first-order valence-corrected chi connectivity index (χ1v) is 11.4. The molecule has 0 unspecified atom stereocenters. The molecule has 2 heteroatoms. The summed E-state index contributed by atoms with van der Waals surface area (Å²) < 4.78 is 5.68. The van der Waals surface area contributed by atoms with E-state index in [1.54, 1.807) is 0 Å². The van der Waals surface area contributed by atoms with Crippen LogP contribution in [0.3, 0.4) is 0 Å². The lowest BCUT2D eigenvalue weighted by Gasteiger charge is -2.03. The van der Waals surface area contributed by atoms with Crippen LogP contribution in [0.2, 0.25) is 0 Å². The molecule has 0 bridgehead atoms. The van der Waals surface area contributed by atoms with E-state index in [9.17, 15) is 0 Å². The Morgan fingerprint density at radius 1 is 0.741 bits per heavy atom. The smallest absolute Gasteiger partial charge is 0.0618 e. The minimum absolute atomic E-state index is 0.850. The van der Waals surface area contributed by atoms with Crippen LogP contribution in [-0.2, 0) is 4.18 Å². The highest BCUT2D eigenvalue weighted by Crippen LogP contribution is 2.20. The lowest BCUT2D eigenvalue weighted by Crippen LogP contribution is -1.88. The quantitative estimate of drug-likeness (QED) is 0.160. The minimum atomic E-state index is 0.850. The van der Waals surface area contributed by atoms with Crippen molar-refractivity contribution in [3.05, 3.63) is 66.3 Å². The van der Waals surface area contributed by atoms with Gasteiger partial charge in [-0.3, -0.25) is 0 Å². The van der Waals surface area contributed by atoms with Crippen molar-refractivity contribution >= 4 is 12.0 Å². The third kappa shape index (κ3) is 15.5. The predicted molar refractivity (Wildman–Crippen MR) is 122 cm³/mol. The zero-order chi connectivity index (χ0) is 19.4. The van der Waals surface area contributed by atoms with Crippen molar-refractivity contribution in [2.75, 3.05) is 6.61 Å². The first kappa shape index (κ1) is 23.8. The highest BCUT2D eigenvalue weighted by Gasteiger charge is 1.95. The predicted octanol–water partition coefficient (Wildman–Crippen LogP) is 8.61.